The molecule has 0 saturated heterocycles. The van der Waals surface area contributed by atoms with Crippen LogP contribution in [0.3, 0.4) is 0 Å². The molecule has 0 aliphatic heterocycles. The normalized spacial score (nSPS) is 11.6. The van der Waals surface area contributed by atoms with E-state index in [-0.39, 0.29) is 5.91 Å². The molecule has 2 amide bonds. The number of nitrogens with two attached hydrogens (primary N) is 1. The number of hydrogen-bond acceptors (Lipinski definition) is 3. The van der Waals surface area contributed by atoms with Gasteiger partial charge in [-0.2, -0.15) is 0 Å². The first-order valence-electron chi connectivity index (χ1n) is 6.47. The molecule has 0 saturated carbocycles. The molecule has 0 heterocycles. The minimum atomic E-state index is -0.752. The summed E-state index contributed by atoms with van der Waals surface area (Å²) in [5, 5.41) is 1.90. The van der Waals surface area contributed by atoms with Gasteiger partial charge in [0.25, 0.3) is 11.8 Å². The Bertz CT molecular complexity index is 602. The van der Waals surface area contributed by atoms with Crippen molar-refractivity contribution in [2.24, 2.45) is 5.73 Å². The highest BCUT2D eigenvalue weighted by atomic mass is 32.2. The van der Waals surface area contributed by atoms with Crippen molar-refractivity contribution in [3.63, 3.8) is 0 Å². The molecule has 0 aliphatic rings. The van der Waals surface area contributed by atoms with Crippen LogP contribution in [0, 0.1) is 0 Å². The molecule has 0 fully saturated rings. The lowest BCUT2D eigenvalue weighted by atomic mass is 10.2. The predicted octanol–water partition coefficient (Wildman–Crippen LogP) is 2.16. The number of nitrogens with one attached hydrogen (secondary N) is 1. The molecule has 2 aromatic carbocycles. The molecule has 2 rings (SSSR count). The van der Waals surface area contributed by atoms with Crippen molar-refractivity contribution >= 4 is 23.6 Å². The molecule has 0 aliphatic carbocycles. The van der Waals surface area contributed by atoms with Crippen LogP contribution in [0.1, 0.15) is 15.9 Å². The summed E-state index contributed by atoms with van der Waals surface area (Å²) in [6.07, 6.45) is 0. The summed E-state index contributed by atoms with van der Waals surface area (Å²) < 4.78 is 0. The third kappa shape index (κ3) is 4.65. The summed E-state index contributed by atoms with van der Waals surface area (Å²) in [7, 11) is 0. The molecule has 0 radical (unpaired) electrons. The van der Waals surface area contributed by atoms with Gasteiger partial charge in [-0.3, -0.25) is 9.59 Å². The van der Waals surface area contributed by atoms with Crippen molar-refractivity contribution in [2.45, 2.75) is 11.1 Å². The zero-order valence-corrected chi connectivity index (χ0v) is 12.2. The highest BCUT2D eigenvalue weighted by Crippen LogP contribution is 2.16. The van der Waals surface area contributed by atoms with E-state index in [9.17, 15) is 9.59 Å². The zero-order valence-electron chi connectivity index (χ0n) is 11.4. The SMILES string of the molecule is NC(=O)C(NC(=O)c1ccccc1)SCc1ccccc1. The molecule has 2 aromatic rings. The second kappa shape index (κ2) is 7.50. The van der Waals surface area contributed by atoms with Crippen LogP contribution in [0.15, 0.2) is 60.7 Å². The van der Waals surface area contributed by atoms with E-state index in [4.69, 9.17) is 5.73 Å². The van der Waals surface area contributed by atoms with E-state index in [2.05, 4.69) is 5.32 Å². The third-order valence-electron chi connectivity index (χ3n) is 2.82. The van der Waals surface area contributed by atoms with E-state index >= 15 is 0 Å². The number of carbonyl (C=O) groups excluding carboxylic acids is 2. The van der Waals surface area contributed by atoms with Gasteiger partial charge in [0.2, 0.25) is 0 Å². The topological polar surface area (TPSA) is 72.2 Å². The molecule has 4 nitrogen and oxygen atoms in total. The average molecular weight is 300 g/mol. The molecule has 3 N–H and O–H groups in total. The fourth-order valence-corrected chi connectivity index (χ4v) is 2.65. The van der Waals surface area contributed by atoms with Crippen LogP contribution < -0.4 is 11.1 Å². The lowest BCUT2D eigenvalue weighted by molar-refractivity contribution is -0.117. The van der Waals surface area contributed by atoms with Crippen LogP contribution in [0.25, 0.3) is 0 Å². The summed E-state index contributed by atoms with van der Waals surface area (Å²) in [4.78, 5) is 23.5. The first kappa shape index (κ1) is 15.1. The van der Waals surface area contributed by atoms with Crippen molar-refractivity contribution in [1.29, 1.82) is 0 Å². The van der Waals surface area contributed by atoms with E-state index in [1.165, 1.54) is 11.8 Å². The van der Waals surface area contributed by atoms with Gasteiger partial charge in [0.15, 0.2) is 5.37 Å². The Morgan fingerprint density at radius 1 is 1.00 bits per heavy atom. The molecular weight excluding hydrogens is 284 g/mol. The Balaban J connectivity index is 1.96. The van der Waals surface area contributed by atoms with E-state index in [1.54, 1.807) is 24.3 Å². The number of benzene rings is 2. The van der Waals surface area contributed by atoms with Crippen molar-refractivity contribution in [3.05, 3.63) is 71.8 Å². The van der Waals surface area contributed by atoms with E-state index in [0.29, 0.717) is 11.3 Å². The standard InChI is InChI=1S/C16H16N2O2S/c17-14(19)16(21-11-12-7-3-1-4-8-12)18-15(20)13-9-5-2-6-10-13/h1-10,16H,11H2,(H2,17,19)(H,18,20). The molecule has 108 valence electrons. The average Bonchev–Trinajstić information content (AvgIpc) is 2.52. The highest BCUT2D eigenvalue weighted by molar-refractivity contribution is 7.99. The minimum Gasteiger partial charge on any atom is -0.367 e. The van der Waals surface area contributed by atoms with Gasteiger partial charge in [-0.05, 0) is 17.7 Å². The van der Waals surface area contributed by atoms with Gasteiger partial charge in [0.05, 0.1) is 0 Å². The molecule has 1 atom stereocenters. The second-order valence-electron chi connectivity index (χ2n) is 4.42. The van der Waals surface area contributed by atoms with Gasteiger partial charge in [-0.15, -0.1) is 11.8 Å². The number of rotatable bonds is 6. The molecule has 0 aromatic heterocycles. The lowest BCUT2D eigenvalue weighted by Crippen LogP contribution is -2.42. The Hall–Kier alpha value is -2.27. The molecular formula is C16H16N2O2S. The summed E-state index contributed by atoms with van der Waals surface area (Å²) in [5.41, 5.74) is 6.93. The number of primary amides is 1. The Labute approximate surface area is 127 Å². The number of thioether (sulfide) groups is 1. The maximum absolute atomic E-state index is 12.0. The van der Waals surface area contributed by atoms with E-state index in [1.807, 2.05) is 36.4 Å². The van der Waals surface area contributed by atoms with E-state index in [0.717, 1.165) is 5.56 Å². The smallest absolute Gasteiger partial charge is 0.252 e. The maximum atomic E-state index is 12.0. The van der Waals surface area contributed by atoms with Gasteiger partial charge in [-0.25, -0.2) is 0 Å². The van der Waals surface area contributed by atoms with Crippen molar-refractivity contribution in [3.8, 4) is 0 Å². The van der Waals surface area contributed by atoms with Crippen LogP contribution in [-0.4, -0.2) is 17.2 Å². The van der Waals surface area contributed by atoms with Crippen molar-refractivity contribution in [2.75, 3.05) is 0 Å². The van der Waals surface area contributed by atoms with Gasteiger partial charge in [0, 0.05) is 11.3 Å². The summed E-state index contributed by atoms with van der Waals surface area (Å²) in [6, 6.07) is 18.5. The quantitative estimate of drug-likeness (QED) is 0.803. The fraction of sp³-hybridized carbons (Fsp3) is 0.125. The number of amides is 2. The molecule has 1 unspecified atom stereocenters. The van der Waals surface area contributed by atoms with Crippen LogP contribution >= 0.6 is 11.8 Å². The second-order valence-corrected chi connectivity index (χ2v) is 5.51. The van der Waals surface area contributed by atoms with Gasteiger partial charge >= 0.3 is 0 Å². The summed E-state index contributed by atoms with van der Waals surface area (Å²) in [6.45, 7) is 0. The van der Waals surface area contributed by atoms with Gasteiger partial charge in [0.1, 0.15) is 0 Å². The van der Waals surface area contributed by atoms with Crippen LogP contribution in [0.2, 0.25) is 0 Å². The monoisotopic (exact) mass is 300 g/mol. The lowest BCUT2D eigenvalue weighted by Gasteiger charge is -2.15. The summed E-state index contributed by atoms with van der Waals surface area (Å²) in [5.74, 6) is -0.260. The Morgan fingerprint density at radius 2 is 1.57 bits per heavy atom. The van der Waals surface area contributed by atoms with Crippen LogP contribution in [0.4, 0.5) is 0 Å². The molecule has 5 heteroatoms. The molecule has 0 bridgehead atoms. The fourth-order valence-electron chi connectivity index (χ4n) is 1.74. The van der Waals surface area contributed by atoms with Gasteiger partial charge in [-0.1, -0.05) is 48.5 Å². The Morgan fingerprint density at radius 3 is 2.14 bits per heavy atom. The zero-order chi connectivity index (χ0) is 15.1. The minimum absolute atomic E-state index is 0.306. The van der Waals surface area contributed by atoms with Crippen LogP contribution in [-0.2, 0) is 10.5 Å². The summed E-state index contributed by atoms with van der Waals surface area (Å²) >= 11 is 1.30. The van der Waals surface area contributed by atoms with E-state index < -0.39 is 11.3 Å². The van der Waals surface area contributed by atoms with Crippen molar-refractivity contribution in [1.82, 2.24) is 5.32 Å². The Kier molecular flexibility index (Phi) is 5.40. The van der Waals surface area contributed by atoms with Gasteiger partial charge < -0.3 is 11.1 Å². The van der Waals surface area contributed by atoms with Crippen molar-refractivity contribution < 1.29 is 9.59 Å². The first-order valence-corrected chi connectivity index (χ1v) is 7.52. The van der Waals surface area contributed by atoms with Crippen LogP contribution in [0.5, 0.6) is 0 Å². The first-order chi connectivity index (χ1) is 10.2. The highest BCUT2D eigenvalue weighted by Gasteiger charge is 2.19. The largest absolute Gasteiger partial charge is 0.367 e. The predicted molar refractivity (Wildman–Crippen MR) is 84.6 cm³/mol. The molecule has 21 heavy (non-hydrogen) atoms. The number of hydrogen-bond donors (Lipinski definition) is 2. The molecule has 0 spiro atoms. The third-order valence-corrected chi connectivity index (χ3v) is 4.00. The number of carbonyl (C=O) groups is 2. The maximum Gasteiger partial charge on any atom is 0.252 e.